The first-order valence-electron chi connectivity index (χ1n) is 20.3. The number of nitrogens with zero attached hydrogens (tertiary/aromatic N) is 2. The van der Waals surface area contributed by atoms with Crippen LogP contribution in [0.25, 0.3) is 77.5 Å². The quantitative estimate of drug-likeness (QED) is 0.123. The van der Waals surface area contributed by atoms with E-state index in [0.717, 1.165) is 97.5 Å². The molecule has 0 saturated heterocycles. The molecular formula is C50H44IrN2O2Si-2. The molecule has 1 saturated carbocycles. The molecule has 9 aromatic rings. The summed E-state index contributed by atoms with van der Waals surface area (Å²) in [6.07, 6.45) is 7.69. The Kier molecular flexibility index (Phi) is 10.2. The Labute approximate surface area is 346 Å². The SMILES string of the molecule is C[Si](C)(C)c1ccc(-c2[c-]cc3oc4ccccc4c3c2)nc1.[2H]C([2H])(c1ccnc(-c2[c-]ccc3c2oc2cc(-c4ccccc4)ccc23)c1)C1CCCCC1.[Ir]. The molecule has 5 aromatic carbocycles. The van der Waals surface area contributed by atoms with Crippen LogP contribution in [0.3, 0.4) is 0 Å². The third kappa shape index (κ3) is 7.79. The van der Waals surface area contributed by atoms with Crippen molar-refractivity contribution >= 4 is 57.1 Å². The van der Waals surface area contributed by atoms with Gasteiger partial charge < -0.3 is 18.8 Å². The van der Waals surface area contributed by atoms with Crippen molar-refractivity contribution in [2.24, 2.45) is 5.92 Å². The number of benzene rings is 5. The van der Waals surface area contributed by atoms with E-state index in [2.05, 4.69) is 96.3 Å². The summed E-state index contributed by atoms with van der Waals surface area (Å²) in [7, 11) is -1.31. The first-order valence-corrected chi connectivity index (χ1v) is 22.8. The molecule has 0 bridgehead atoms. The molecule has 1 radical (unpaired) electrons. The van der Waals surface area contributed by atoms with Crippen LogP contribution in [0.5, 0.6) is 0 Å². The maximum Gasteiger partial charge on any atom is 0.121 e. The summed E-state index contributed by atoms with van der Waals surface area (Å²) in [6, 6.07) is 47.3. The summed E-state index contributed by atoms with van der Waals surface area (Å²) in [6.45, 7) is 7.00. The molecule has 1 aliphatic rings. The van der Waals surface area contributed by atoms with Crippen molar-refractivity contribution in [2.75, 3.05) is 0 Å². The van der Waals surface area contributed by atoms with E-state index in [0.29, 0.717) is 11.3 Å². The number of furan rings is 2. The zero-order chi connectivity index (χ0) is 39.1. The Morgan fingerprint density at radius 2 is 1.48 bits per heavy atom. The van der Waals surface area contributed by atoms with Gasteiger partial charge in [0.25, 0.3) is 0 Å². The third-order valence-electron chi connectivity index (χ3n) is 10.7. The van der Waals surface area contributed by atoms with Crippen LogP contribution >= 0.6 is 0 Å². The molecule has 4 nitrogen and oxygen atoms in total. The average Bonchev–Trinajstić information content (AvgIpc) is 3.82. The van der Waals surface area contributed by atoms with E-state index in [9.17, 15) is 0 Å². The summed E-state index contributed by atoms with van der Waals surface area (Å²) in [5.41, 5.74) is 9.73. The van der Waals surface area contributed by atoms with Crippen molar-refractivity contribution in [3.8, 4) is 33.6 Å². The smallest absolute Gasteiger partial charge is 0.121 e. The fourth-order valence-electron chi connectivity index (χ4n) is 7.70. The van der Waals surface area contributed by atoms with Crippen LogP contribution in [0, 0.1) is 18.1 Å². The fourth-order valence-corrected chi connectivity index (χ4v) is 8.73. The van der Waals surface area contributed by atoms with E-state index in [4.69, 9.17) is 11.6 Å². The molecule has 0 atom stereocenters. The number of hydrogen-bond donors (Lipinski definition) is 0. The van der Waals surface area contributed by atoms with Gasteiger partial charge in [-0.05, 0) is 58.2 Å². The first-order chi connectivity index (χ1) is 27.6. The second-order valence-electron chi connectivity index (χ2n) is 15.6. The van der Waals surface area contributed by atoms with Gasteiger partial charge in [-0.3, -0.25) is 0 Å². The topological polar surface area (TPSA) is 52.1 Å². The molecule has 4 aromatic heterocycles. The van der Waals surface area contributed by atoms with Gasteiger partial charge in [0.05, 0.1) is 19.2 Å². The minimum Gasteiger partial charge on any atom is -0.501 e. The van der Waals surface area contributed by atoms with Crippen LogP contribution in [-0.2, 0) is 26.5 Å². The molecule has 4 heterocycles. The van der Waals surface area contributed by atoms with Gasteiger partial charge >= 0.3 is 0 Å². The minimum atomic E-state index is -1.37. The van der Waals surface area contributed by atoms with Gasteiger partial charge in [-0.15, -0.1) is 42.0 Å². The van der Waals surface area contributed by atoms with Crippen LogP contribution in [0.1, 0.15) is 40.4 Å². The molecule has 1 aliphatic carbocycles. The second-order valence-corrected chi connectivity index (χ2v) is 20.7. The predicted octanol–water partition coefficient (Wildman–Crippen LogP) is 13.2. The van der Waals surface area contributed by atoms with E-state index in [-0.39, 0.29) is 26.0 Å². The zero-order valence-corrected chi connectivity index (χ0v) is 35.3. The monoisotopic (exact) mass is 927 g/mol. The van der Waals surface area contributed by atoms with Gasteiger partial charge in [-0.1, -0.05) is 153 Å². The van der Waals surface area contributed by atoms with E-state index in [1.54, 1.807) is 6.20 Å². The van der Waals surface area contributed by atoms with E-state index < -0.39 is 14.4 Å². The molecule has 0 aliphatic heterocycles. The Hall–Kier alpha value is -5.13. The Morgan fingerprint density at radius 3 is 2.29 bits per heavy atom. The third-order valence-corrected chi connectivity index (χ3v) is 12.8. The molecule has 6 heteroatoms. The second kappa shape index (κ2) is 16.2. The number of aromatic nitrogens is 2. The van der Waals surface area contributed by atoms with Crippen molar-refractivity contribution in [1.82, 2.24) is 9.97 Å². The Balaban J connectivity index is 0.000000171. The number of hydrogen-bond acceptors (Lipinski definition) is 4. The van der Waals surface area contributed by atoms with Gasteiger partial charge in [0.15, 0.2) is 0 Å². The van der Waals surface area contributed by atoms with E-state index >= 15 is 0 Å². The van der Waals surface area contributed by atoms with Crippen molar-refractivity contribution in [2.45, 2.75) is 58.1 Å². The van der Waals surface area contributed by atoms with Crippen LogP contribution in [-0.4, -0.2) is 18.0 Å². The van der Waals surface area contributed by atoms with Crippen LogP contribution in [0.2, 0.25) is 19.6 Å². The predicted molar refractivity (Wildman–Crippen MR) is 230 cm³/mol. The maximum absolute atomic E-state index is 8.88. The molecule has 56 heavy (non-hydrogen) atoms. The molecule has 10 rings (SSSR count). The maximum atomic E-state index is 8.88. The van der Waals surface area contributed by atoms with Gasteiger partial charge in [-0.2, -0.15) is 0 Å². The van der Waals surface area contributed by atoms with Crippen molar-refractivity contribution in [3.63, 3.8) is 0 Å². The molecule has 281 valence electrons. The molecule has 0 amide bonds. The standard InChI is InChI=1S/C30H26NO.C20H18NOSi.Ir/c1-3-8-21(9-4-1)18-22-16-17-31-28(19-22)27-13-7-12-26-25-15-14-24(20-29(25)32-30(26)27)23-10-5-2-6-11-23;1-23(2,3)15-9-10-18(21-13-15)14-8-11-20-17(12-14)16-6-4-5-7-19(16)22-20;/h2,5-7,10-12,14-17,19-21H,1,3-4,8-9,18H2;4-7,9-13H,1-3H3;/q2*-1;/i18D2;;. The Morgan fingerprint density at radius 1 is 0.679 bits per heavy atom. The fraction of sp³-hybridized carbons (Fsp3) is 0.200. The van der Waals surface area contributed by atoms with E-state index in [1.165, 1.54) is 11.6 Å². The summed E-state index contributed by atoms with van der Waals surface area (Å²) in [5, 5.41) is 5.70. The Bertz CT molecular complexity index is 2860. The molecule has 0 N–H and O–H groups in total. The molecule has 0 unspecified atom stereocenters. The van der Waals surface area contributed by atoms with Gasteiger partial charge in [0.1, 0.15) is 11.2 Å². The number of rotatable bonds is 6. The number of fused-ring (bicyclic) bond motifs is 6. The largest absolute Gasteiger partial charge is 0.501 e. The van der Waals surface area contributed by atoms with Crippen LogP contribution in [0.15, 0.2) is 143 Å². The van der Waals surface area contributed by atoms with Crippen molar-refractivity contribution in [1.29, 1.82) is 0 Å². The van der Waals surface area contributed by atoms with Gasteiger partial charge in [0, 0.05) is 46.0 Å². The summed E-state index contributed by atoms with van der Waals surface area (Å²) >= 11 is 0. The van der Waals surface area contributed by atoms with E-state index in [1.807, 2.05) is 72.9 Å². The summed E-state index contributed by atoms with van der Waals surface area (Å²) in [4.78, 5) is 9.26. The molecule has 1 fully saturated rings. The molecule has 0 spiro atoms. The van der Waals surface area contributed by atoms with Gasteiger partial charge in [0.2, 0.25) is 0 Å². The normalized spacial score (nSPS) is 14.3. The summed E-state index contributed by atoms with van der Waals surface area (Å²) in [5.74, 6) is 0.0545. The van der Waals surface area contributed by atoms with Gasteiger partial charge in [-0.25, -0.2) is 0 Å². The first kappa shape index (κ1) is 35.3. The zero-order valence-electron chi connectivity index (χ0n) is 33.9. The van der Waals surface area contributed by atoms with Crippen molar-refractivity contribution < 1.29 is 31.7 Å². The number of pyridine rings is 2. The van der Waals surface area contributed by atoms with Crippen molar-refractivity contribution in [3.05, 3.63) is 151 Å². The van der Waals surface area contributed by atoms with Crippen LogP contribution in [0.4, 0.5) is 0 Å². The average molecular weight is 927 g/mol. The summed E-state index contributed by atoms with van der Waals surface area (Å²) < 4.78 is 30.0. The number of para-hydroxylation sites is 1. The minimum absolute atomic E-state index is 0. The van der Waals surface area contributed by atoms with Crippen LogP contribution < -0.4 is 5.19 Å². The molecular weight excluding hydrogens is 881 g/mol.